The topological polar surface area (TPSA) is 55.2 Å². The summed E-state index contributed by atoms with van der Waals surface area (Å²) in [5.74, 6) is 0.0903. The third-order valence-electron chi connectivity index (χ3n) is 4.88. The lowest BCUT2D eigenvalue weighted by molar-refractivity contribution is -0.129. The van der Waals surface area contributed by atoms with Crippen LogP contribution in [0.2, 0.25) is 5.02 Å². The molecule has 0 bridgehead atoms. The summed E-state index contributed by atoms with van der Waals surface area (Å²) >= 11 is 7.33. The Morgan fingerprint density at radius 3 is 2.50 bits per heavy atom. The van der Waals surface area contributed by atoms with Gasteiger partial charge in [0.05, 0.1) is 21.8 Å². The smallest absolute Gasteiger partial charge is 0.266 e. The molecule has 2 heterocycles. The van der Waals surface area contributed by atoms with Gasteiger partial charge in [0.15, 0.2) is 5.16 Å². The zero-order valence-electron chi connectivity index (χ0n) is 15.5. The Hall–Kier alpha value is -2.31. The molecule has 1 saturated heterocycles. The van der Waals surface area contributed by atoms with E-state index in [1.165, 1.54) is 11.8 Å². The molecule has 1 aliphatic heterocycles. The highest BCUT2D eigenvalue weighted by Gasteiger charge is 2.26. The van der Waals surface area contributed by atoms with E-state index in [-0.39, 0.29) is 16.7 Å². The van der Waals surface area contributed by atoms with Crippen LogP contribution in [0, 0.1) is 0 Å². The normalized spacial score (nSPS) is 15.1. The van der Waals surface area contributed by atoms with Gasteiger partial charge in [-0.2, -0.15) is 0 Å². The van der Waals surface area contributed by atoms with E-state index >= 15 is 0 Å². The van der Waals surface area contributed by atoms with Crippen molar-refractivity contribution in [3.63, 3.8) is 0 Å². The molecule has 5 nitrogen and oxygen atoms in total. The molecule has 1 atom stereocenters. The highest BCUT2D eigenvalue weighted by atomic mass is 35.5. The SMILES string of the molecule is C[C@H](Sc1nc2ccccc2c(=O)n1-c1ccc(Cl)cc1)C(=O)N1CCCC1. The molecule has 4 rings (SSSR count). The fourth-order valence-corrected chi connectivity index (χ4v) is 4.55. The fraction of sp³-hybridized carbons (Fsp3) is 0.286. The van der Waals surface area contributed by atoms with Gasteiger partial charge >= 0.3 is 0 Å². The average Bonchev–Trinajstić information content (AvgIpc) is 3.23. The largest absolute Gasteiger partial charge is 0.342 e. The molecule has 1 aliphatic rings. The van der Waals surface area contributed by atoms with Gasteiger partial charge in [0.2, 0.25) is 5.91 Å². The second-order valence-corrected chi connectivity index (χ2v) is 8.57. The Morgan fingerprint density at radius 2 is 1.79 bits per heavy atom. The Balaban J connectivity index is 1.79. The zero-order chi connectivity index (χ0) is 19.7. The number of benzene rings is 2. The molecule has 0 saturated carbocycles. The summed E-state index contributed by atoms with van der Waals surface area (Å²) in [5, 5.41) is 1.31. The second kappa shape index (κ2) is 7.97. The molecule has 0 unspecified atom stereocenters. The number of aromatic nitrogens is 2. The summed E-state index contributed by atoms with van der Waals surface area (Å²) < 4.78 is 1.57. The summed E-state index contributed by atoms with van der Waals surface area (Å²) in [6.45, 7) is 3.48. The van der Waals surface area contributed by atoms with Crippen molar-refractivity contribution >= 4 is 40.2 Å². The first-order chi connectivity index (χ1) is 13.5. The molecule has 1 amide bonds. The number of amides is 1. The first-order valence-corrected chi connectivity index (χ1v) is 10.5. The monoisotopic (exact) mass is 413 g/mol. The van der Waals surface area contributed by atoms with Crippen molar-refractivity contribution in [1.82, 2.24) is 14.5 Å². The minimum atomic E-state index is -0.329. The Morgan fingerprint density at radius 1 is 1.11 bits per heavy atom. The minimum Gasteiger partial charge on any atom is -0.342 e. The molecule has 2 aromatic carbocycles. The van der Waals surface area contributed by atoms with Gasteiger partial charge in [-0.05, 0) is 56.2 Å². The van der Waals surface area contributed by atoms with E-state index in [4.69, 9.17) is 16.6 Å². The van der Waals surface area contributed by atoms with Crippen LogP contribution in [0.15, 0.2) is 58.5 Å². The van der Waals surface area contributed by atoms with Crippen molar-refractivity contribution in [3.05, 3.63) is 63.9 Å². The van der Waals surface area contributed by atoms with E-state index in [0.29, 0.717) is 26.8 Å². The van der Waals surface area contributed by atoms with Gasteiger partial charge < -0.3 is 4.90 Å². The van der Waals surface area contributed by atoms with Crippen LogP contribution in [0.5, 0.6) is 0 Å². The van der Waals surface area contributed by atoms with E-state index in [9.17, 15) is 9.59 Å². The maximum absolute atomic E-state index is 13.2. The third-order valence-corrected chi connectivity index (χ3v) is 6.17. The number of rotatable bonds is 4. The van der Waals surface area contributed by atoms with Gasteiger partial charge in [-0.25, -0.2) is 4.98 Å². The quantitative estimate of drug-likeness (QED) is 0.476. The number of hydrogen-bond donors (Lipinski definition) is 0. The predicted octanol–water partition coefficient (Wildman–Crippen LogP) is 4.14. The lowest BCUT2D eigenvalue weighted by Gasteiger charge is -2.21. The van der Waals surface area contributed by atoms with Gasteiger partial charge in [-0.1, -0.05) is 35.5 Å². The van der Waals surface area contributed by atoms with Gasteiger partial charge in [-0.3, -0.25) is 14.2 Å². The molecule has 0 radical (unpaired) electrons. The standard InChI is InChI=1S/C21H20ClN3O2S/c1-14(19(26)24-12-4-5-13-24)28-21-23-18-7-3-2-6-17(18)20(27)25(21)16-10-8-15(22)9-11-16/h2-3,6-11,14H,4-5,12-13H2,1H3/t14-/m0/s1. The molecular weight excluding hydrogens is 394 g/mol. The van der Waals surface area contributed by atoms with Crippen LogP contribution in [0.25, 0.3) is 16.6 Å². The van der Waals surface area contributed by atoms with Crippen LogP contribution in [-0.4, -0.2) is 38.7 Å². The summed E-state index contributed by atoms with van der Waals surface area (Å²) in [6.07, 6.45) is 2.10. The molecule has 144 valence electrons. The second-order valence-electron chi connectivity index (χ2n) is 6.82. The van der Waals surface area contributed by atoms with Gasteiger partial charge in [0.25, 0.3) is 5.56 Å². The third kappa shape index (κ3) is 3.66. The van der Waals surface area contributed by atoms with E-state index < -0.39 is 0 Å². The molecule has 28 heavy (non-hydrogen) atoms. The van der Waals surface area contributed by atoms with Crippen LogP contribution in [0.3, 0.4) is 0 Å². The summed E-state index contributed by atoms with van der Waals surface area (Å²) in [6, 6.07) is 14.3. The molecule has 3 aromatic rings. The van der Waals surface area contributed by atoms with Crippen LogP contribution in [0.4, 0.5) is 0 Å². The number of nitrogens with zero attached hydrogens (tertiary/aromatic N) is 3. The van der Waals surface area contributed by atoms with Crippen molar-refractivity contribution in [2.45, 2.75) is 30.2 Å². The molecule has 0 spiro atoms. The van der Waals surface area contributed by atoms with E-state index in [0.717, 1.165) is 25.9 Å². The van der Waals surface area contributed by atoms with Crippen LogP contribution < -0.4 is 5.56 Å². The lowest BCUT2D eigenvalue weighted by atomic mass is 10.2. The number of carbonyl (C=O) groups is 1. The van der Waals surface area contributed by atoms with Gasteiger partial charge in [0.1, 0.15) is 0 Å². The number of para-hydroxylation sites is 1. The first-order valence-electron chi connectivity index (χ1n) is 9.28. The van der Waals surface area contributed by atoms with Crippen LogP contribution in [-0.2, 0) is 4.79 Å². The minimum absolute atomic E-state index is 0.0903. The number of carbonyl (C=O) groups excluding carboxylic acids is 1. The fourth-order valence-electron chi connectivity index (χ4n) is 3.41. The van der Waals surface area contributed by atoms with Crippen molar-refractivity contribution < 1.29 is 4.79 Å². The number of hydrogen-bond acceptors (Lipinski definition) is 4. The molecule has 1 aromatic heterocycles. The van der Waals surface area contributed by atoms with Crippen molar-refractivity contribution in [2.75, 3.05) is 13.1 Å². The Labute approximate surface area is 172 Å². The van der Waals surface area contributed by atoms with Crippen LogP contribution in [0.1, 0.15) is 19.8 Å². The molecule has 0 aliphatic carbocycles. The summed E-state index contributed by atoms with van der Waals surface area (Å²) in [5.41, 5.74) is 1.15. The number of thioether (sulfide) groups is 1. The number of halogens is 1. The number of likely N-dealkylation sites (tertiary alicyclic amines) is 1. The van der Waals surface area contributed by atoms with E-state index in [2.05, 4.69) is 0 Å². The Kier molecular flexibility index (Phi) is 5.42. The molecule has 1 fully saturated rings. The van der Waals surface area contributed by atoms with Crippen molar-refractivity contribution in [3.8, 4) is 5.69 Å². The Bertz CT molecular complexity index is 1080. The highest BCUT2D eigenvalue weighted by Crippen LogP contribution is 2.27. The highest BCUT2D eigenvalue weighted by molar-refractivity contribution is 8.00. The lowest BCUT2D eigenvalue weighted by Crippen LogP contribution is -2.34. The van der Waals surface area contributed by atoms with Gasteiger partial charge in [0, 0.05) is 18.1 Å². The van der Waals surface area contributed by atoms with E-state index in [1.54, 1.807) is 34.9 Å². The molecule has 0 N–H and O–H groups in total. The first kappa shape index (κ1) is 19.0. The van der Waals surface area contributed by atoms with Crippen molar-refractivity contribution in [2.24, 2.45) is 0 Å². The average molecular weight is 414 g/mol. The van der Waals surface area contributed by atoms with Gasteiger partial charge in [-0.15, -0.1) is 0 Å². The number of fused-ring (bicyclic) bond motifs is 1. The predicted molar refractivity (Wildman–Crippen MR) is 113 cm³/mol. The molecule has 7 heteroatoms. The summed E-state index contributed by atoms with van der Waals surface area (Å²) in [7, 11) is 0. The maximum atomic E-state index is 13.2. The molecular formula is C21H20ClN3O2S. The zero-order valence-corrected chi connectivity index (χ0v) is 17.0. The summed E-state index contributed by atoms with van der Waals surface area (Å²) in [4.78, 5) is 32.6. The maximum Gasteiger partial charge on any atom is 0.266 e. The van der Waals surface area contributed by atoms with Crippen LogP contribution >= 0.6 is 23.4 Å². The van der Waals surface area contributed by atoms with E-state index in [1.807, 2.05) is 30.0 Å². The van der Waals surface area contributed by atoms with Crippen molar-refractivity contribution in [1.29, 1.82) is 0 Å².